The molecule has 1 saturated carbocycles. The van der Waals surface area contributed by atoms with Crippen molar-refractivity contribution in [3.05, 3.63) is 24.4 Å². The molecule has 1 aromatic heterocycles. The van der Waals surface area contributed by atoms with Gasteiger partial charge < -0.3 is 14.4 Å². The molecule has 6 heteroatoms. The number of hydrogen-bond acceptors (Lipinski definition) is 4. The summed E-state index contributed by atoms with van der Waals surface area (Å²) in [5, 5.41) is 0. The monoisotopic (exact) mass is 334 g/mol. The maximum Gasteiger partial charge on any atom is 0.226 e. The number of aromatic nitrogens is 1. The molecule has 2 aliphatic heterocycles. The molecule has 5 nitrogen and oxygen atoms in total. The lowest BCUT2D eigenvalue weighted by molar-refractivity contribution is -0.173. The van der Waals surface area contributed by atoms with Gasteiger partial charge in [0.1, 0.15) is 11.8 Å². The van der Waals surface area contributed by atoms with E-state index in [0.717, 1.165) is 19.4 Å². The molecule has 0 bridgehead atoms. The van der Waals surface area contributed by atoms with Crippen molar-refractivity contribution < 1.29 is 18.7 Å². The molecular weight excluding hydrogens is 311 g/mol. The van der Waals surface area contributed by atoms with Crippen LogP contribution in [0.4, 0.5) is 4.39 Å². The van der Waals surface area contributed by atoms with E-state index < -0.39 is 6.17 Å². The molecule has 1 amide bonds. The van der Waals surface area contributed by atoms with Crippen molar-refractivity contribution in [3.63, 3.8) is 0 Å². The van der Waals surface area contributed by atoms with Crippen LogP contribution >= 0.6 is 0 Å². The quantitative estimate of drug-likeness (QED) is 0.828. The smallest absolute Gasteiger partial charge is 0.226 e. The molecule has 4 rings (SSSR count). The van der Waals surface area contributed by atoms with E-state index in [4.69, 9.17) is 9.47 Å². The third-order valence-electron chi connectivity index (χ3n) is 5.61. The number of halogens is 1. The fraction of sp³-hybridized carbons (Fsp3) is 0.667. The third-order valence-corrected chi connectivity index (χ3v) is 5.61. The predicted octanol–water partition coefficient (Wildman–Crippen LogP) is 2.22. The Labute approximate surface area is 141 Å². The van der Waals surface area contributed by atoms with Crippen molar-refractivity contribution in [2.45, 2.75) is 37.5 Å². The topological polar surface area (TPSA) is 51.7 Å². The van der Waals surface area contributed by atoms with Crippen LogP contribution in [0.15, 0.2) is 24.4 Å². The minimum Gasteiger partial charge on any atom is -0.478 e. The number of alkyl halides is 1. The fourth-order valence-corrected chi connectivity index (χ4v) is 4.04. The zero-order chi connectivity index (χ0) is 16.6. The van der Waals surface area contributed by atoms with Crippen molar-refractivity contribution >= 4 is 5.91 Å². The fourth-order valence-electron chi connectivity index (χ4n) is 4.04. The normalized spacial score (nSPS) is 30.7. The molecule has 24 heavy (non-hydrogen) atoms. The standard InChI is InChI=1S/C18H23FN2O3/c19-15-9-13(10-15)17(22)21-11-18(12-21)14(5-8-24-18)4-7-23-16-3-1-2-6-20-16/h1-3,6,13-15H,4-5,7-12H2/t13?,14-,15?/m0/s1. The Morgan fingerprint density at radius 1 is 1.42 bits per heavy atom. The highest BCUT2D eigenvalue weighted by Crippen LogP contribution is 2.43. The Kier molecular flexibility index (Phi) is 4.16. The van der Waals surface area contributed by atoms with Gasteiger partial charge in [-0.1, -0.05) is 6.07 Å². The Morgan fingerprint density at radius 3 is 2.96 bits per heavy atom. The summed E-state index contributed by atoms with van der Waals surface area (Å²) >= 11 is 0. The van der Waals surface area contributed by atoms with Crippen LogP contribution in [0.1, 0.15) is 25.7 Å². The molecule has 3 fully saturated rings. The average molecular weight is 334 g/mol. The molecular formula is C18H23FN2O3. The lowest BCUT2D eigenvalue weighted by atomic mass is 9.76. The van der Waals surface area contributed by atoms with Crippen LogP contribution < -0.4 is 4.74 Å². The summed E-state index contributed by atoms with van der Waals surface area (Å²) < 4.78 is 24.6. The maximum atomic E-state index is 12.9. The lowest BCUT2D eigenvalue weighted by Crippen LogP contribution is -2.67. The number of pyridine rings is 1. The van der Waals surface area contributed by atoms with Crippen molar-refractivity contribution in [1.82, 2.24) is 9.88 Å². The second kappa shape index (κ2) is 6.31. The maximum absolute atomic E-state index is 12.9. The Balaban J connectivity index is 1.26. The number of nitrogens with zero attached hydrogens (tertiary/aromatic N) is 2. The van der Waals surface area contributed by atoms with E-state index in [-0.39, 0.29) is 17.4 Å². The second-order valence-electron chi connectivity index (χ2n) is 7.16. The zero-order valence-electron chi connectivity index (χ0n) is 13.7. The molecule has 3 heterocycles. The van der Waals surface area contributed by atoms with E-state index in [1.807, 2.05) is 23.1 Å². The molecule has 1 atom stereocenters. The minimum atomic E-state index is -0.784. The van der Waals surface area contributed by atoms with Crippen molar-refractivity contribution in [1.29, 1.82) is 0 Å². The minimum absolute atomic E-state index is 0.105. The van der Waals surface area contributed by atoms with Crippen LogP contribution in [0.3, 0.4) is 0 Å². The van der Waals surface area contributed by atoms with E-state index in [1.165, 1.54) is 0 Å². The van der Waals surface area contributed by atoms with Crippen LogP contribution in [0.2, 0.25) is 0 Å². The lowest BCUT2D eigenvalue weighted by Gasteiger charge is -2.52. The van der Waals surface area contributed by atoms with Gasteiger partial charge in [-0.05, 0) is 37.7 Å². The van der Waals surface area contributed by atoms with Crippen LogP contribution in [0.25, 0.3) is 0 Å². The van der Waals surface area contributed by atoms with Gasteiger partial charge in [-0.3, -0.25) is 4.79 Å². The molecule has 130 valence electrons. The van der Waals surface area contributed by atoms with Gasteiger partial charge >= 0.3 is 0 Å². The van der Waals surface area contributed by atoms with Gasteiger partial charge in [0.2, 0.25) is 11.8 Å². The largest absolute Gasteiger partial charge is 0.478 e. The number of hydrogen-bond donors (Lipinski definition) is 0. The second-order valence-corrected chi connectivity index (χ2v) is 7.16. The van der Waals surface area contributed by atoms with Crippen molar-refractivity contribution in [3.8, 4) is 5.88 Å². The van der Waals surface area contributed by atoms with Gasteiger partial charge in [0.15, 0.2) is 0 Å². The first kappa shape index (κ1) is 15.8. The van der Waals surface area contributed by atoms with E-state index in [1.54, 1.807) is 6.20 Å². The van der Waals surface area contributed by atoms with Gasteiger partial charge in [-0.25, -0.2) is 9.37 Å². The van der Waals surface area contributed by atoms with E-state index >= 15 is 0 Å². The van der Waals surface area contributed by atoms with Crippen LogP contribution in [0, 0.1) is 11.8 Å². The van der Waals surface area contributed by atoms with E-state index in [9.17, 15) is 9.18 Å². The highest BCUT2D eigenvalue weighted by atomic mass is 19.1. The molecule has 1 spiro atoms. The molecule has 2 saturated heterocycles. The summed E-state index contributed by atoms with van der Waals surface area (Å²) in [4.78, 5) is 18.3. The first-order chi connectivity index (χ1) is 11.7. The predicted molar refractivity (Wildman–Crippen MR) is 85.3 cm³/mol. The Morgan fingerprint density at radius 2 is 2.25 bits per heavy atom. The Bertz CT molecular complexity index is 585. The molecule has 1 aromatic rings. The molecule has 1 aliphatic carbocycles. The Hall–Kier alpha value is -1.69. The molecule has 0 aromatic carbocycles. The summed E-state index contributed by atoms with van der Waals surface area (Å²) in [5.41, 5.74) is -0.206. The van der Waals surface area contributed by atoms with Crippen molar-refractivity contribution in [2.24, 2.45) is 11.8 Å². The summed E-state index contributed by atoms with van der Waals surface area (Å²) in [7, 11) is 0. The SMILES string of the molecule is O=C(C1CC(F)C1)N1CC2(C1)OCC[C@@H]2CCOc1ccccn1. The number of carbonyl (C=O) groups excluding carboxylic acids is 1. The molecule has 3 aliphatic rings. The zero-order valence-corrected chi connectivity index (χ0v) is 13.7. The van der Waals surface area contributed by atoms with Crippen molar-refractivity contribution in [2.75, 3.05) is 26.3 Å². The van der Waals surface area contributed by atoms with Crippen LogP contribution in [0.5, 0.6) is 5.88 Å². The number of rotatable bonds is 5. The van der Waals surface area contributed by atoms with Crippen LogP contribution in [-0.4, -0.2) is 53.9 Å². The molecule has 0 N–H and O–H groups in total. The average Bonchev–Trinajstić information content (AvgIpc) is 2.95. The first-order valence-electron chi connectivity index (χ1n) is 8.77. The molecule has 0 radical (unpaired) electrons. The van der Waals surface area contributed by atoms with Crippen LogP contribution in [-0.2, 0) is 9.53 Å². The summed E-state index contributed by atoms with van der Waals surface area (Å²) in [6.45, 7) is 2.64. The van der Waals surface area contributed by atoms with Gasteiger partial charge in [-0.2, -0.15) is 0 Å². The van der Waals surface area contributed by atoms with Gasteiger partial charge in [0.05, 0.1) is 19.7 Å². The van der Waals surface area contributed by atoms with E-state index in [2.05, 4.69) is 4.98 Å². The highest BCUT2D eigenvalue weighted by molar-refractivity contribution is 5.81. The number of likely N-dealkylation sites (tertiary alicyclic amines) is 1. The first-order valence-corrected chi connectivity index (χ1v) is 8.77. The third kappa shape index (κ3) is 2.88. The number of amides is 1. The van der Waals surface area contributed by atoms with Gasteiger partial charge in [-0.15, -0.1) is 0 Å². The summed E-state index contributed by atoms with van der Waals surface area (Å²) in [6, 6.07) is 5.61. The molecule has 0 unspecified atom stereocenters. The summed E-state index contributed by atoms with van der Waals surface area (Å²) in [6.07, 6.45) is 3.62. The van der Waals surface area contributed by atoms with Gasteiger partial charge in [0, 0.05) is 24.8 Å². The van der Waals surface area contributed by atoms with Gasteiger partial charge in [0.25, 0.3) is 0 Å². The summed E-state index contributed by atoms with van der Waals surface area (Å²) in [5.74, 6) is 1.04. The highest BCUT2D eigenvalue weighted by Gasteiger charge is 2.55. The number of ether oxygens (including phenoxy) is 2. The van der Waals surface area contributed by atoms with E-state index in [0.29, 0.717) is 44.3 Å². The number of carbonyl (C=O) groups is 1.